The van der Waals surface area contributed by atoms with Crippen molar-refractivity contribution in [2.75, 3.05) is 9.80 Å². The van der Waals surface area contributed by atoms with E-state index in [1.807, 2.05) is 0 Å². The van der Waals surface area contributed by atoms with Gasteiger partial charge in [-0.25, -0.2) is 0 Å². The molecule has 2 aliphatic carbocycles. The van der Waals surface area contributed by atoms with Crippen molar-refractivity contribution in [3.63, 3.8) is 0 Å². The van der Waals surface area contributed by atoms with Gasteiger partial charge in [0.1, 0.15) is 0 Å². The quantitative estimate of drug-likeness (QED) is 0.150. The van der Waals surface area contributed by atoms with Gasteiger partial charge in [-0.1, -0.05) is 212 Å². The highest BCUT2D eigenvalue weighted by Gasteiger charge is 2.52. The van der Waals surface area contributed by atoms with Crippen LogP contribution in [0.2, 0.25) is 0 Å². The Kier molecular flexibility index (Phi) is 9.47. The first-order chi connectivity index (χ1) is 35.2. The molecule has 2 heteroatoms. The van der Waals surface area contributed by atoms with Gasteiger partial charge in [0.05, 0.1) is 16.8 Å². The summed E-state index contributed by atoms with van der Waals surface area (Å²) in [5.74, 6) is 0. The summed E-state index contributed by atoms with van der Waals surface area (Å²) in [6.45, 7) is 0. The predicted molar refractivity (Wildman–Crippen MR) is 298 cm³/mol. The first kappa shape index (κ1) is 40.8. The van der Waals surface area contributed by atoms with Crippen LogP contribution in [0.4, 0.5) is 34.1 Å². The Morgan fingerprint density at radius 1 is 0.239 bits per heavy atom. The number of hydrogen-bond donors (Lipinski definition) is 0. The van der Waals surface area contributed by atoms with Crippen molar-refractivity contribution in [1.29, 1.82) is 0 Å². The number of fused-ring (bicyclic) bond motifs is 13. The van der Waals surface area contributed by atoms with Gasteiger partial charge in [0, 0.05) is 33.9 Å². The van der Waals surface area contributed by atoms with Crippen LogP contribution in [0.5, 0.6) is 0 Å². The van der Waals surface area contributed by atoms with E-state index in [1.54, 1.807) is 0 Å². The van der Waals surface area contributed by atoms with Crippen molar-refractivity contribution in [3.05, 3.63) is 301 Å². The maximum atomic E-state index is 2.50. The van der Waals surface area contributed by atoms with Crippen LogP contribution >= 0.6 is 0 Å². The Balaban J connectivity index is 0.993. The lowest BCUT2D eigenvalue weighted by Gasteiger charge is -2.33. The van der Waals surface area contributed by atoms with Gasteiger partial charge in [0.15, 0.2) is 0 Å². The summed E-state index contributed by atoms with van der Waals surface area (Å²) >= 11 is 0. The Bertz CT molecular complexity index is 4010. The minimum absolute atomic E-state index is 0.506. The fourth-order valence-corrected chi connectivity index (χ4v) is 12.0. The molecule has 12 aromatic rings. The summed E-state index contributed by atoms with van der Waals surface area (Å²) in [7, 11) is 0. The second-order valence-electron chi connectivity index (χ2n) is 18.8. The summed E-state index contributed by atoms with van der Waals surface area (Å²) in [5, 5.41) is 5.00. The van der Waals surface area contributed by atoms with E-state index >= 15 is 0 Å². The molecule has 1 spiro atoms. The highest BCUT2D eigenvalue weighted by atomic mass is 15.2. The molecule has 2 aliphatic rings. The Hall–Kier alpha value is -9.24. The van der Waals surface area contributed by atoms with E-state index in [-0.39, 0.29) is 0 Å². The fraction of sp³-hybridized carbons (Fsp3) is 0.0145. The largest absolute Gasteiger partial charge is 0.310 e. The van der Waals surface area contributed by atoms with Crippen molar-refractivity contribution in [3.8, 4) is 44.5 Å². The van der Waals surface area contributed by atoms with Gasteiger partial charge < -0.3 is 9.80 Å². The van der Waals surface area contributed by atoms with Gasteiger partial charge in [-0.05, 0) is 144 Å². The van der Waals surface area contributed by atoms with E-state index in [2.05, 4.69) is 289 Å². The lowest BCUT2D eigenvalue weighted by Crippen LogP contribution is -2.26. The third-order valence-electron chi connectivity index (χ3n) is 15.0. The monoisotopic (exact) mass is 902 g/mol. The summed E-state index contributed by atoms with van der Waals surface area (Å²) in [5.41, 5.74) is 21.1. The van der Waals surface area contributed by atoms with Crippen LogP contribution in [0.3, 0.4) is 0 Å². The van der Waals surface area contributed by atoms with Crippen molar-refractivity contribution in [2.24, 2.45) is 0 Å². The topological polar surface area (TPSA) is 6.48 Å². The standard InChI is InChI=1S/C69H46N2/c1-4-21-48(22-5-1)61-45-54(40-43-67(61)71(53-27-8-3-9-28-53)66-35-19-16-29-56(66)51-37-36-47-20-10-11-24-50(47)44-51)70(52-25-6-2-7-26-52)55-39-41-59-58-31-14-17-33-62(58)69(65(59)46-55)63-34-18-15-32-60(63)68-57-30-13-12-23-49(57)38-42-64(68)69/h1-46H. The maximum absolute atomic E-state index is 2.50. The van der Waals surface area contributed by atoms with E-state index in [0.717, 1.165) is 50.8 Å². The number of anilines is 6. The minimum Gasteiger partial charge on any atom is -0.310 e. The highest BCUT2D eigenvalue weighted by molar-refractivity contribution is 6.07. The zero-order chi connectivity index (χ0) is 46.9. The van der Waals surface area contributed by atoms with Crippen LogP contribution in [-0.2, 0) is 5.41 Å². The van der Waals surface area contributed by atoms with Crippen molar-refractivity contribution in [1.82, 2.24) is 0 Å². The van der Waals surface area contributed by atoms with Gasteiger partial charge in [0.2, 0.25) is 0 Å². The SMILES string of the molecule is c1ccc(-c2cc(N(c3ccccc3)c3ccc4c(c3)C3(c5ccccc5-4)c4ccccc4-c4c3ccc3ccccc43)ccc2N(c2ccccc2)c2ccccc2-c2ccc3ccccc3c2)cc1. The molecule has 332 valence electrons. The van der Waals surface area contributed by atoms with Crippen LogP contribution < -0.4 is 9.80 Å². The molecule has 0 saturated heterocycles. The molecule has 0 aromatic heterocycles. The van der Waals surface area contributed by atoms with Crippen LogP contribution in [0.25, 0.3) is 66.1 Å². The molecule has 1 unspecified atom stereocenters. The summed E-state index contributed by atoms with van der Waals surface area (Å²) in [6.07, 6.45) is 0. The molecular weight excluding hydrogens is 857 g/mol. The first-order valence-corrected chi connectivity index (χ1v) is 24.6. The number of benzene rings is 12. The van der Waals surface area contributed by atoms with Crippen molar-refractivity contribution < 1.29 is 0 Å². The van der Waals surface area contributed by atoms with Crippen LogP contribution in [0, 0.1) is 0 Å². The van der Waals surface area contributed by atoms with Gasteiger partial charge in [-0.3, -0.25) is 0 Å². The first-order valence-electron chi connectivity index (χ1n) is 24.6. The van der Waals surface area contributed by atoms with Gasteiger partial charge >= 0.3 is 0 Å². The molecule has 2 nitrogen and oxygen atoms in total. The lowest BCUT2D eigenvalue weighted by atomic mass is 9.70. The highest BCUT2D eigenvalue weighted by Crippen LogP contribution is 2.64. The Labute approximate surface area is 414 Å². The second-order valence-corrected chi connectivity index (χ2v) is 18.8. The molecular formula is C69H46N2. The zero-order valence-corrected chi connectivity index (χ0v) is 39.0. The Morgan fingerprint density at radius 2 is 0.775 bits per heavy atom. The minimum atomic E-state index is -0.506. The van der Waals surface area contributed by atoms with Gasteiger partial charge in [-0.2, -0.15) is 0 Å². The molecule has 0 heterocycles. The molecule has 0 saturated carbocycles. The van der Waals surface area contributed by atoms with Crippen molar-refractivity contribution >= 4 is 55.7 Å². The van der Waals surface area contributed by atoms with Crippen LogP contribution in [0.1, 0.15) is 22.3 Å². The van der Waals surface area contributed by atoms with E-state index in [0.29, 0.717) is 0 Å². The Morgan fingerprint density at radius 3 is 1.55 bits per heavy atom. The molecule has 71 heavy (non-hydrogen) atoms. The number of hydrogen-bond acceptors (Lipinski definition) is 2. The average Bonchev–Trinajstić information content (AvgIpc) is 3.92. The summed E-state index contributed by atoms with van der Waals surface area (Å²) < 4.78 is 0. The normalized spacial score (nSPS) is 14.0. The molecule has 0 aliphatic heterocycles. The van der Waals surface area contributed by atoms with E-state index < -0.39 is 5.41 Å². The van der Waals surface area contributed by atoms with E-state index in [4.69, 9.17) is 0 Å². The molecule has 12 aromatic carbocycles. The van der Waals surface area contributed by atoms with Crippen LogP contribution in [0.15, 0.2) is 279 Å². The zero-order valence-electron chi connectivity index (χ0n) is 39.0. The predicted octanol–water partition coefficient (Wildman–Crippen LogP) is 18.6. The summed E-state index contributed by atoms with van der Waals surface area (Å²) in [6, 6.07) is 103. The van der Waals surface area contributed by atoms with Gasteiger partial charge in [-0.15, -0.1) is 0 Å². The third-order valence-corrected chi connectivity index (χ3v) is 15.0. The molecule has 1 atom stereocenters. The number of nitrogens with zero attached hydrogens (tertiary/aromatic N) is 2. The molecule has 0 amide bonds. The third kappa shape index (κ3) is 6.35. The van der Waals surface area contributed by atoms with Crippen LogP contribution in [-0.4, -0.2) is 0 Å². The fourth-order valence-electron chi connectivity index (χ4n) is 12.0. The number of para-hydroxylation sites is 3. The molecule has 0 radical (unpaired) electrons. The van der Waals surface area contributed by atoms with Crippen molar-refractivity contribution in [2.45, 2.75) is 5.41 Å². The van der Waals surface area contributed by atoms with Gasteiger partial charge in [0.25, 0.3) is 0 Å². The average molecular weight is 903 g/mol. The molecule has 0 bridgehead atoms. The molecule has 14 rings (SSSR count). The smallest absolute Gasteiger partial charge is 0.0726 e. The summed E-state index contributed by atoms with van der Waals surface area (Å²) in [4.78, 5) is 4.89. The van der Waals surface area contributed by atoms with E-state index in [1.165, 1.54) is 71.6 Å². The molecule has 0 fully saturated rings. The second kappa shape index (κ2) is 16.5. The lowest BCUT2D eigenvalue weighted by molar-refractivity contribution is 0.794. The van der Waals surface area contributed by atoms with E-state index in [9.17, 15) is 0 Å². The molecule has 0 N–H and O–H groups in total. The maximum Gasteiger partial charge on any atom is 0.0726 e. The number of rotatable bonds is 8.